The number of anilines is 1. The number of amides is 1. The van der Waals surface area contributed by atoms with Crippen LogP contribution >= 0.6 is 11.6 Å². The van der Waals surface area contributed by atoms with Gasteiger partial charge in [0.25, 0.3) is 0 Å². The lowest BCUT2D eigenvalue weighted by atomic mass is 10.1. The van der Waals surface area contributed by atoms with Crippen molar-refractivity contribution >= 4 is 47.1 Å². The molecule has 1 amide bonds. The molecule has 0 heterocycles. The molecule has 0 bridgehead atoms. The number of nitrogens with one attached hydrogen (secondary N) is 2. The second-order valence-electron chi connectivity index (χ2n) is 8.40. The molecule has 3 rings (SSSR count). The molecule has 202 valence electrons. The molecule has 3 aromatic rings. The zero-order chi connectivity index (χ0) is 28.5. The van der Waals surface area contributed by atoms with Gasteiger partial charge in [0.15, 0.2) is 5.96 Å². The summed E-state index contributed by atoms with van der Waals surface area (Å²) in [5.41, 5.74) is 7.35. The summed E-state index contributed by atoms with van der Waals surface area (Å²) in [4.78, 5) is 48.9. The molecule has 0 aromatic heterocycles. The predicted molar refractivity (Wildman–Crippen MR) is 143 cm³/mol. The number of nitrogens with two attached hydrogens (primary N) is 1. The third kappa shape index (κ3) is 8.58. The van der Waals surface area contributed by atoms with Crippen LogP contribution in [0.5, 0.6) is 5.75 Å². The number of nitrogens with zero attached hydrogens (tertiary/aromatic N) is 1. The number of aromatic carboxylic acids is 1. The Balaban J connectivity index is 1.63. The van der Waals surface area contributed by atoms with Crippen LogP contribution in [0.4, 0.5) is 5.69 Å². The van der Waals surface area contributed by atoms with Crippen molar-refractivity contribution in [3.05, 3.63) is 94.0 Å². The van der Waals surface area contributed by atoms with Gasteiger partial charge in [-0.2, -0.15) is 0 Å². The zero-order valence-corrected chi connectivity index (χ0v) is 21.3. The average molecular weight is 553 g/mol. The second kappa shape index (κ2) is 13.1. The van der Waals surface area contributed by atoms with E-state index in [-0.39, 0.29) is 40.8 Å². The number of hydrogen-bond donors (Lipinski definition) is 5. The molecule has 0 saturated carbocycles. The van der Waals surface area contributed by atoms with Crippen molar-refractivity contribution in [2.45, 2.75) is 12.8 Å². The molecule has 0 radical (unpaired) electrons. The van der Waals surface area contributed by atoms with E-state index < -0.39 is 30.4 Å². The summed E-state index contributed by atoms with van der Waals surface area (Å²) < 4.78 is 5.35. The van der Waals surface area contributed by atoms with Crippen LogP contribution in [0.1, 0.15) is 31.8 Å². The van der Waals surface area contributed by atoms with Crippen molar-refractivity contribution in [2.24, 2.45) is 5.73 Å². The Hall–Kier alpha value is -4.90. The summed E-state index contributed by atoms with van der Waals surface area (Å²) in [5, 5.41) is 28.3. The van der Waals surface area contributed by atoms with Gasteiger partial charge < -0.3 is 30.9 Å². The van der Waals surface area contributed by atoms with Crippen LogP contribution < -0.4 is 15.8 Å². The first-order valence-electron chi connectivity index (χ1n) is 11.6. The molecule has 0 unspecified atom stereocenters. The van der Waals surface area contributed by atoms with Gasteiger partial charge in [-0.15, -0.1) is 0 Å². The van der Waals surface area contributed by atoms with Crippen molar-refractivity contribution < 1.29 is 34.1 Å². The van der Waals surface area contributed by atoms with E-state index in [4.69, 9.17) is 32.6 Å². The maximum absolute atomic E-state index is 12.9. The van der Waals surface area contributed by atoms with Crippen LogP contribution in [0.2, 0.25) is 5.02 Å². The number of guanidine groups is 1. The highest BCUT2D eigenvalue weighted by atomic mass is 35.5. The van der Waals surface area contributed by atoms with Crippen LogP contribution in [-0.4, -0.2) is 58.0 Å². The van der Waals surface area contributed by atoms with Crippen molar-refractivity contribution in [3.63, 3.8) is 0 Å². The number of hydrogen-bond acceptors (Lipinski definition) is 6. The molecule has 39 heavy (non-hydrogen) atoms. The molecule has 0 aliphatic rings. The molecule has 11 nitrogen and oxygen atoms in total. The third-order valence-electron chi connectivity index (χ3n) is 5.53. The van der Waals surface area contributed by atoms with E-state index in [1.807, 2.05) is 0 Å². The quantitative estimate of drug-likeness (QED) is 0.103. The minimum Gasteiger partial charge on any atom is -0.480 e. The van der Waals surface area contributed by atoms with E-state index in [1.165, 1.54) is 47.4 Å². The van der Waals surface area contributed by atoms with Gasteiger partial charge in [0.1, 0.15) is 12.3 Å². The first kappa shape index (κ1) is 28.7. The van der Waals surface area contributed by atoms with Crippen LogP contribution in [0.15, 0.2) is 66.7 Å². The molecule has 6 N–H and O–H groups in total. The topological polar surface area (TPSA) is 183 Å². The highest BCUT2D eigenvalue weighted by molar-refractivity contribution is 6.31. The third-order valence-corrected chi connectivity index (χ3v) is 5.88. The zero-order valence-electron chi connectivity index (χ0n) is 20.5. The fraction of sp³-hybridized carbons (Fsp3) is 0.148. The smallest absolute Gasteiger partial charge is 0.343 e. The van der Waals surface area contributed by atoms with E-state index >= 15 is 0 Å². The summed E-state index contributed by atoms with van der Waals surface area (Å²) in [6.45, 7) is -0.411. The number of carbonyl (C=O) groups is 4. The fourth-order valence-electron chi connectivity index (χ4n) is 3.55. The predicted octanol–water partition coefficient (Wildman–Crippen LogP) is 3.26. The number of halogens is 1. The van der Waals surface area contributed by atoms with E-state index in [1.54, 1.807) is 24.3 Å². The van der Waals surface area contributed by atoms with Gasteiger partial charge in [-0.1, -0.05) is 29.8 Å². The summed E-state index contributed by atoms with van der Waals surface area (Å²) in [6, 6.07) is 16.6. The molecule has 3 aromatic carbocycles. The monoisotopic (exact) mass is 552 g/mol. The van der Waals surface area contributed by atoms with E-state index in [0.717, 1.165) is 5.56 Å². The number of aliphatic carboxylic acids is 1. The molecule has 0 aliphatic heterocycles. The summed E-state index contributed by atoms with van der Waals surface area (Å²) in [6.07, 6.45) is 0.149. The maximum Gasteiger partial charge on any atom is 0.343 e. The number of esters is 1. The number of ether oxygens (including phenoxy) is 1. The molecule has 0 atom stereocenters. The first-order chi connectivity index (χ1) is 18.5. The molecule has 0 aliphatic carbocycles. The Labute approximate surface area is 228 Å². The highest BCUT2D eigenvalue weighted by Gasteiger charge is 2.19. The number of benzene rings is 3. The van der Waals surface area contributed by atoms with Crippen LogP contribution in [0.25, 0.3) is 0 Å². The number of carboxylic acids is 2. The Bertz CT molecular complexity index is 1390. The lowest BCUT2D eigenvalue weighted by Crippen LogP contribution is -2.38. The van der Waals surface area contributed by atoms with Gasteiger partial charge in [0.2, 0.25) is 5.91 Å². The summed E-state index contributed by atoms with van der Waals surface area (Å²) in [5.74, 6) is -3.43. The number of carboxylic acid groups (broad SMARTS) is 2. The Kier molecular flexibility index (Phi) is 9.60. The molecule has 12 heteroatoms. The van der Waals surface area contributed by atoms with Crippen LogP contribution in [0, 0.1) is 5.41 Å². The second-order valence-corrected chi connectivity index (χ2v) is 8.80. The normalized spacial score (nSPS) is 10.4. The van der Waals surface area contributed by atoms with Gasteiger partial charge >= 0.3 is 17.9 Å². The van der Waals surface area contributed by atoms with Gasteiger partial charge in [0.05, 0.1) is 17.5 Å². The average Bonchev–Trinajstić information content (AvgIpc) is 2.88. The SMILES string of the molecule is N=C(N)Nc1ccc(C(=O)Oc2ccc(CC(=O)N(CCc3ccc(C(=O)O)cc3)CC(=O)O)c(Cl)c2)cc1. The Morgan fingerprint density at radius 2 is 1.59 bits per heavy atom. The van der Waals surface area contributed by atoms with Gasteiger partial charge in [0, 0.05) is 17.3 Å². The number of rotatable bonds is 11. The summed E-state index contributed by atoms with van der Waals surface area (Å²) in [7, 11) is 0. The van der Waals surface area contributed by atoms with Gasteiger partial charge in [-0.3, -0.25) is 15.0 Å². The summed E-state index contributed by atoms with van der Waals surface area (Å²) >= 11 is 6.33. The van der Waals surface area contributed by atoms with E-state index in [2.05, 4.69) is 5.32 Å². The highest BCUT2D eigenvalue weighted by Crippen LogP contribution is 2.24. The van der Waals surface area contributed by atoms with Crippen molar-refractivity contribution in [1.29, 1.82) is 5.41 Å². The van der Waals surface area contributed by atoms with E-state index in [0.29, 0.717) is 17.7 Å². The van der Waals surface area contributed by atoms with Crippen LogP contribution in [-0.2, 0) is 22.4 Å². The minimum absolute atomic E-state index is 0.103. The fourth-order valence-corrected chi connectivity index (χ4v) is 3.79. The Morgan fingerprint density at radius 1 is 0.949 bits per heavy atom. The molecular formula is C27H25ClN4O7. The molecule has 0 spiro atoms. The lowest BCUT2D eigenvalue weighted by molar-refractivity contribution is -0.144. The minimum atomic E-state index is -1.18. The first-order valence-corrected chi connectivity index (χ1v) is 11.9. The standard InChI is InChI=1S/C27H25ClN4O7/c28-22-14-21(39-26(38)18-5-8-20(9-6-18)31-27(29)30)10-7-19(22)13-23(33)32(15-24(34)35)12-11-16-1-3-17(4-2-16)25(36)37/h1-10,14H,11-13,15H2,(H,34,35)(H,36,37)(H4,29,30,31). The van der Waals surface area contributed by atoms with Crippen molar-refractivity contribution in [1.82, 2.24) is 4.90 Å². The van der Waals surface area contributed by atoms with Crippen molar-refractivity contribution in [2.75, 3.05) is 18.4 Å². The van der Waals surface area contributed by atoms with Crippen LogP contribution in [0.3, 0.4) is 0 Å². The largest absolute Gasteiger partial charge is 0.480 e. The maximum atomic E-state index is 12.9. The number of carbonyl (C=O) groups excluding carboxylic acids is 2. The molecule has 0 saturated heterocycles. The molecule has 0 fully saturated rings. The Morgan fingerprint density at radius 3 is 2.15 bits per heavy atom. The lowest BCUT2D eigenvalue weighted by Gasteiger charge is -2.21. The van der Waals surface area contributed by atoms with E-state index in [9.17, 15) is 24.3 Å². The van der Waals surface area contributed by atoms with Gasteiger partial charge in [-0.25, -0.2) is 9.59 Å². The van der Waals surface area contributed by atoms with Crippen molar-refractivity contribution in [3.8, 4) is 5.75 Å². The van der Waals surface area contributed by atoms with Gasteiger partial charge in [-0.05, 0) is 66.1 Å². The molecular weight excluding hydrogens is 528 g/mol.